The van der Waals surface area contributed by atoms with Gasteiger partial charge in [0.25, 0.3) is 0 Å². The van der Waals surface area contributed by atoms with Crippen LogP contribution in [0, 0.1) is 0 Å². The molecule has 0 bridgehead atoms. The Balaban J connectivity index is 2.33. The Labute approximate surface area is 114 Å². The van der Waals surface area contributed by atoms with Crippen molar-refractivity contribution in [3.8, 4) is 11.1 Å². The fourth-order valence-corrected chi connectivity index (χ4v) is 2.29. The molecule has 0 unspecified atom stereocenters. The topological polar surface area (TPSA) is 47.0 Å². The predicted molar refractivity (Wildman–Crippen MR) is 72.5 cm³/mol. The molecular formula is C15H8ClNO2. The number of pyridine rings is 1. The Morgan fingerprint density at radius 3 is 2.37 bits per heavy atom. The Morgan fingerprint density at radius 2 is 1.63 bits per heavy atom. The van der Waals surface area contributed by atoms with Crippen LogP contribution in [-0.2, 0) is 0 Å². The average molecular weight is 270 g/mol. The molecule has 1 aliphatic rings. The smallest absolute Gasteiger partial charge is 0.205 e. The molecule has 0 aliphatic heterocycles. The van der Waals surface area contributed by atoms with Crippen LogP contribution in [0.3, 0.4) is 0 Å². The molecule has 1 aromatic carbocycles. The first-order chi connectivity index (χ1) is 9.16. The SMILES string of the molecule is O=C1C=CC(=O)c2c(-c3ccccc3)cc(Cl)nc21. The highest BCUT2D eigenvalue weighted by molar-refractivity contribution is 6.31. The van der Waals surface area contributed by atoms with Crippen molar-refractivity contribution < 1.29 is 9.59 Å². The highest BCUT2D eigenvalue weighted by Crippen LogP contribution is 2.30. The Kier molecular flexibility index (Phi) is 2.76. The van der Waals surface area contributed by atoms with Crippen molar-refractivity contribution in [3.63, 3.8) is 0 Å². The summed E-state index contributed by atoms with van der Waals surface area (Å²) >= 11 is 5.95. The van der Waals surface area contributed by atoms with Crippen molar-refractivity contribution in [2.75, 3.05) is 0 Å². The minimum Gasteiger partial charge on any atom is -0.289 e. The number of hydrogen-bond donors (Lipinski definition) is 0. The first kappa shape index (κ1) is 11.8. The molecule has 0 saturated carbocycles. The number of carbonyl (C=O) groups is 2. The molecule has 1 heterocycles. The number of hydrogen-bond acceptors (Lipinski definition) is 3. The first-order valence-electron chi connectivity index (χ1n) is 5.69. The molecule has 2 aromatic rings. The lowest BCUT2D eigenvalue weighted by Gasteiger charge is -2.14. The van der Waals surface area contributed by atoms with E-state index >= 15 is 0 Å². The molecule has 0 N–H and O–H groups in total. The van der Waals surface area contributed by atoms with E-state index < -0.39 is 0 Å². The van der Waals surface area contributed by atoms with E-state index in [1.807, 2.05) is 30.3 Å². The van der Waals surface area contributed by atoms with E-state index in [0.29, 0.717) is 11.1 Å². The van der Waals surface area contributed by atoms with E-state index in [1.165, 1.54) is 12.2 Å². The number of rotatable bonds is 1. The van der Waals surface area contributed by atoms with Gasteiger partial charge in [-0.3, -0.25) is 9.59 Å². The number of carbonyl (C=O) groups excluding carboxylic acids is 2. The van der Waals surface area contributed by atoms with E-state index in [9.17, 15) is 9.59 Å². The van der Waals surface area contributed by atoms with Gasteiger partial charge in [0, 0.05) is 0 Å². The number of fused-ring (bicyclic) bond motifs is 1. The van der Waals surface area contributed by atoms with Gasteiger partial charge in [-0.2, -0.15) is 0 Å². The molecule has 1 aliphatic carbocycles. The number of halogens is 1. The number of ketones is 2. The number of allylic oxidation sites excluding steroid dienone is 2. The summed E-state index contributed by atoms with van der Waals surface area (Å²) in [7, 11) is 0. The van der Waals surface area contributed by atoms with Crippen molar-refractivity contribution in [1.29, 1.82) is 0 Å². The fourth-order valence-electron chi connectivity index (χ4n) is 2.10. The Morgan fingerprint density at radius 1 is 0.947 bits per heavy atom. The fraction of sp³-hybridized carbons (Fsp3) is 0. The lowest BCUT2D eigenvalue weighted by atomic mass is 9.91. The van der Waals surface area contributed by atoms with Crippen LogP contribution in [0.15, 0.2) is 48.6 Å². The van der Waals surface area contributed by atoms with Gasteiger partial charge < -0.3 is 0 Å². The third-order valence-corrected chi connectivity index (χ3v) is 3.13. The highest BCUT2D eigenvalue weighted by Gasteiger charge is 2.25. The molecule has 4 heteroatoms. The van der Waals surface area contributed by atoms with Gasteiger partial charge in [0.15, 0.2) is 5.78 Å². The summed E-state index contributed by atoms with van der Waals surface area (Å²) in [4.78, 5) is 27.8. The van der Waals surface area contributed by atoms with Crippen LogP contribution < -0.4 is 0 Å². The number of nitrogens with zero attached hydrogens (tertiary/aromatic N) is 1. The standard InChI is InChI=1S/C15H8ClNO2/c16-13-8-10(9-4-2-1-3-5-9)14-11(18)6-7-12(19)15(14)17-13/h1-8H. The van der Waals surface area contributed by atoms with E-state index in [2.05, 4.69) is 4.98 Å². The molecular weight excluding hydrogens is 262 g/mol. The van der Waals surface area contributed by atoms with E-state index in [0.717, 1.165) is 5.56 Å². The molecule has 0 amide bonds. The molecule has 19 heavy (non-hydrogen) atoms. The zero-order valence-electron chi connectivity index (χ0n) is 9.76. The molecule has 3 rings (SSSR count). The van der Waals surface area contributed by atoms with Crippen molar-refractivity contribution >= 4 is 23.2 Å². The van der Waals surface area contributed by atoms with Gasteiger partial charge in [-0.25, -0.2) is 4.98 Å². The minimum absolute atomic E-state index is 0.124. The maximum Gasteiger partial charge on any atom is 0.205 e. The molecule has 0 spiro atoms. The normalized spacial score (nSPS) is 13.5. The number of aromatic nitrogens is 1. The summed E-state index contributed by atoms with van der Waals surface area (Å²) in [5.41, 5.74) is 1.92. The van der Waals surface area contributed by atoms with E-state index in [1.54, 1.807) is 6.07 Å². The van der Waals surface area contributed by atoms with Gasteiger partial charge in [-0.15, -0.1) is 0 Å². The Bertz CT molecular complexity index is 720. The molecule has 1 aromatic heterocycles. The van der Waals surface area contributed by atoms with Crippen molar-refractivity contribution in [2.45, 2.75) is 0 Å². The van der Waals surface area contributed by atoms with Crippen molar-refractivity contribution in [1.82, 2.24) is 4.98 Å². The third kappa shape index (κ3) is 1.98. The van der Waals surface area contributed by atoms with Gasteiger partial charge in [0.1, 0.15) is 10.8 Å². The molecule has 0 fully saturated rings. The largest absolute Gasteiger partial charge is 0.289 e. The summed E-state index contributed by atoms with van der Waals surface area (Å²) in [6.07, 6.45) is 2.50. The zero-order valence-corrected chi connectivity index (χ0v) is 10.5. The van der Waals surface area contributed by atoms with Crippen LogP contribution in [0.1, 0.15) is 20.8 Å². The summed E-state index contributed by atoms with van der Waals surface area (Å²) < 4.78 is 0. The minimum atomic E-state index is -0.297. The molecule has 0 saturated heterocycles. The van der Waals surface area contributed by atoms with Crippen molar-refractivity contribution in [3.05, 3.63) is 65.0 Å². The lowest BCUT2D eigenvalue weighted by Crippen LogP contribution is -2.15. The second-order valence-corrected chi connectivity index (χ2v) is 4.53. The maximum absolute atomic E-state index is 12.0. The Hall–Kier alpha value is -2.26. The van der Waals surface area contributed by atoms with Gasteiger partial charge >= 0.3 is 0 Å². The number of benzene rings is 1. The van der Waals surface area contributed by atoms with Gasteiger partial charge in [-0.05, 0) is 29.3 Å². The summed E-state index contributed by atoms with van der Waals surface area (Å²) in [5, 5.41) is 0.203. The van der Waals surface area contributed by atoms with Crippen LogP contribution in [0.2, 0.25) is 5.15 Å². The second-order valence-electron chi connectivity index (χ2n) is 4.14. The molecule has 0 radical (unpaired) electrons. The predicted octanol–water partition coefficient (Wildman–Crippen LogP) is 3.34. The second kappa shape index (κ2) is 4.44. The van der Waals surface area contributed by atoms with E-state index in [-0.39, 0.29) is 22.4 Å². The lowest BCUT2D eigenvalue weighted by molar-refractivity contribution is 0.0991. The summed E-state index contributed by atoms with van der Waals surface area (Å²) in [6.45, 7) is 0. The van der Waals surface area contributed by atoms with Crippen molar-refractivity contribution in [2.24, 2.45) is 0 Å². The van der Waals surface area contributed by atoms with Crippen LogP contribution >= 0.6 is 11.6 Å². The highest BCUT2D eigenvalue weighted by atomic mass is 35.5. The van der Waals surface area contributed by atoms with Gasteiger partial charge in [0.05, 0.1) is 5.56 Å². The van der Waals surface area contributed by atoms with Crippen LogP contribution in [-0.4, -0.2) is 16.6 Å². The quantitative estimate of drug-likeness (QED) is 0.746. The summed E-state index contributed by atoms with van der Waals surface area (Å²) in [6, 6.07) is 10.9. The monoisotopic (exact) mass is 269 g/mol. The van der Waals surface area contributed by atoms with Gasteiger partial charge in [-0.1, -0.05) is 41.9 Å². The van der Waals surface area contributed by atoms with Crippen LogP contribution in [0.25, 0.3) is 11.1 Å². The van der Waals surface area contributed by atoms with E-state index in [4.69, 9.17) is 11.6 Å². The third-order valence-electron chi connectivity index (χ3n) is 2.94. The maximum atomic E-state index is 12.0. The van der Waals surface area contributed by atoms with Gasteiger partial charge in [0.2, 0.25) is 5.78 Å². The molecule has 3 nitrogen and oxygen atoms in total. The zero-order chi connectivity index (χ0) is 13.4. The summed E-state index contributed by atoms with van der Waals surface area (Å²) in [5.74, 6) is -0.521. The molecule has 92 valence electrons. The van der Waals surface area contributed by atoms with Crippen LogP contribution in [0.5, 0.6) is 0 Å². The average Bonchev–Trinajstić information content (AvgIpc) is 2.43. The first-order valence-corrected chi connectivity index (χ1v) is 6.07. The molecule has 0 atom stereocenters. The van der Waals surface area contributed by atoms with Crippen LogP contribution in [0.4, 0.5) is 0 Å².